The molecule has 0 saturated heterocycles. The predicted octanol–water partition coefficient (Wildman–Crippen LogP) is 3.52. The summed E-state index contributed by atoms with van der Waals surface area (Å²) in [5, 5.41) is 8.01. The molecule has 0 amide bonds. The second-order valence-electron chi connectivity index (χ2n) is 6.53. The van der Waals surface area contributed by atoms with Crippen molar-refractivity contribution in [1.82, 2.24) is 10.6 Å². The van der Waals surface area contributed by atoms with Gasteiger partial charge in [-0.25, -0.2) is 0 Å². The fourth-order valence-electron chi connectivity index (χ4n) is 3.29. The van der Waals surface area contributed by atoms with Gasteiger partial charge in [-0.1, -0.05) is 37.1 Å². The summed E-state index contributed by atoms with van der Waals surface area (Å²) < 4.78 is 12.1. The van der Waals surface area contributed by atoms with Gasteiger partial charge in [0, 0.05) is 46.5 Å². The summed E-state index contributed by atoms with van der Waals surface area (Å²) >= 11 is 5.91. The highest BCUT2D eigenvalue weighted by Crippen LogP contribution is 2.22. The van der Waals surface area contributed by atoms with Crippen molar-refractivity contribution in [2.24, 2.45) is 4.99 Å². The number of nitrogens with one attached hydrogen (secondary N) is 2. The largest absolute Gasteiger partial charge is 0.356 e. The van der Waals surface area contributed by atoms with Crippen LogP contribution in [0.2, 0.25) is 5.02 Å². The van der Waals surface area contributed by atoms with Crippen LogP contribution < -0.4 is 10.6 Å². The third kappa shape index (κ3) is 6.98. The molecular weight excluding hydrogens is 354 g/mol. The molecule has 1 aromatic rings. The molecule has 0 aliphatic heterocycles. The summed E-state index contributed by atoms with van der Waals surface area (Å²) in [6.45, 7) is 2.88. The molecule has 140 valence electrons. The van der Waals surface area contributed by atoms with Crippen LogP contribution in [0, 0.1) is 0 Å². The molecule has 0 heterocycles. The summed E-state index contributed by atoms with van der Waals surface area (Å²) in [6, 6.07) is 8.39. The van der Waals surface area contributed by atoms with Crippen LogP contribution in [0.5, 0.6) is 0 Å². The molecule has 2 rings (SSSR count). The predicted molar refractivity (Wildman–Crippen MR) is 109 cm³/mol. The smallest absolute Gasteiger partial charge is 0.191 e. The minimum atomic E-state index is -0.690. The summed E-state index contributed by atoms with van der Waals surface area (Å²) in [4.78, 5) is 4.33. The molecule has 1 aliphatic carbocycles. The Morgan fingerprint density at radius 2 is 2.08 bits per heavy atom. The number of hydrogen-bond donors (Lipinski definition) is 2. The third-order valence-electron chi connectivity index (χ3n) is 4.69. The molecule has 2 N–H and O–H groups in total. The molecule has 0 spiro atoms. The number of nitrogens with zero attached hydrogens (tertiary/aromatic N) is 1. The van der Waals surface area contributed by atoms with E-state index in [2.05, 4.69) is 27.8 Å². The highest BCUT2D eigenvalue weighted by molar-refractivity contribution is 7.85. The fraction of sp³-hybridized carbons (Fsp3) is 0.632. The molecule has 3 unspecified atom stereocenters. The first kappa shape index (κ1) is 20.2. The maximum atomic E-state index is 12.1. The Balaban J connectivity index is 1.71. The van der Waals surface area contributed by atoms with Crippen LogP contribution in [0.25, 0.3) is 0 Å². The lowest BCUT2D eigenvalue weighted by Crippen LogP contribution is -2.46. The first-order valence-electron chi connectivity index (χ1n) is 9.21. The monoisotopic (exact) mass is 383 g/mol. The molecule has 0 radical (unpaired) electrons. The second kappa shape index (κ2) is 10.8. The van der Waals surface area contributed by atoms with E-state index in [1.807, 2.05) is 19.1 Å². The number of rotatable bonds is 7. The van der Waals surface area contributed by atoms with Crippen molar-refractivity contribution in [3.05, 3.63) is 34.9 Å². The Labute approximate surface area is 159 Å². The van der Waals surface area contributed by atoms with E-state index in [0.717, 1.165) is 61.8 Å². The van der Waals surface area contributed by atoms with Gasteiger partial charge in [0.1, 0.15) is 0 Å². The van der Waals surface area contributed by atoms with E-state index in [1.54, 1.807) is 7.05 Å². The SMILES string of the molecule is CCS(=O)C1CCCC(NC(=NC)NCCCc2ccc(Cl)cc2)C1. The second-order valence-corrected chi connectivity index (χ2v) is 8.97. The van der Waals surface area contributed by atoms with Crippen LogP contribution in [0.4, 0.5) is 0 Å². The number of hydrogen-bond acceptors (Lipinski definition) is 2. The van der Waals surface area contributed by atoms with E-state index in [-0.39, 0.29) is 0 Å². The molecule has 1 fully saturated rings. The third-order valence-corrected chi connectivity index (χ3v) is 6.69. The van der Waals surface area contributed by atoms with Crippen LogP contribution in [0.15, 0.2) is 29.3 Å². The fourth-order valence-corrected chi connectivity index (χ4v) is 4.76. The lowest BCUT2D eigenvalue weighted by Gasteiger charge is -2.30. The molecular formula is C19H30ClN3OS. The van der Waals surface area contributed by atoms with E-state index < -0.39 is 10.8 Å². The van der Waals surface area contributed by atoms with Crippen molar-refractivity contribution in [3.8, 4) is 0 Å². The minimum absolute atomic E-state index is 0.333. The molecule has 0 bridgehead atoms. The Kier molecular flexibility index (Phi) is 8.76. The topological polar surface area (TPSA) is 53.5 Å². The van der Waals surface area contributed by atoms with E-state index in [0.29, 0.717) is 11.3 Å². The van der Waals surface area contributed by atoms with E-state index >= 15 is 0 Å². The summed E-state index contributed by atoms with van der Waals surface area (Å²) in [6.07, 6.45) is 6.39. The van der Waals surface area contributed by atoms with Crippen LogP contribution >= 0.6 is 11.6 Å². The Bertz CT molecular complexity index is 577. The molecule has 1 aromatic carbocycles. The number of aryl methyl sites for hydroxylation is 1. The normalized spacial score (nSPS) is 22.4. The number of halogens is 1. The number of guanidine groups is 1. The first-order valence-corrected chi connectivity index (χ1v) is 11.0. The minimum Gasteiger partial charge on any atom is -0.356 e. The maximum Gasteiger partial charge on any atom is 0.191 e. The molecule has 3 atom stereocenters. The summed E-state index contributed by atoms with van der Waals surface area (Å²) in [7, 11) is 1.11. The summed E-state index contributed by atoms with van der Waals surface area (Å²) in [5.74, 6) is 1.61. The molecule has 4 nitrogen and oxygen atoms in total. The van der Waals surface area contributed by atoms with Crippen molar-refractivity contribution in [1.29, 1.82) is 0 Å². The van der Waals surface area contributed by atoms with Gasteiger partial charge in [-0.15, -0.1) is 0 Å². The van der Waals surface area contributed by atoms with Crippen LogP contribution in [0.1, 0.15) is 44.6 Å². The van der Waals surface area contributed by atoms with Crippen LogP contribution in [0.3, 0.4) is 0 Å². The lowest BCUT2D eigenvalue weighted by molar-refractivity contribution is 0.413. The quantitative estimate of drug-likeness (QED) is 0.430. The van der Waals surface area contributed by atoms with Crippen molar-refractivity contribution in [2.45, 2.75) is 56.7 Å². The van der Waals surface area contributed by atoms with Crippen molar-refractivity contribution in [3.63, 3.8) is 0 Å². The Morgan fingerprint density at radius 3 is 2.76 bits per heavy atom. The van der Waals surface area contributed by atoms with Crippen molar-refractivity contribution in [2.75, 3.05) is 19.3 Å². The van der Waals surface area contributed by atoms with Crippen LogP contribution in [-0.4, -0.2) is 40.8 Å². The Morgan fingerprint density at radius 1 is 1.32 bits per heavy atom. The molecule has 0 aromatic heterocycles. The molecule has 1 aliphatic rings. The zero-order valence-corrected chi connectivity index (χ0v) is 16.8. The lowest BCUT2D eigenvalue weighted by atomic mass is 9.95. The zero-order chi connectivity index (χ0) is 18.1. The Hall–Kier alpha value is -1.07. The van der Waals surface area contributed by atoms with E-state index in [1.165, 1.54) is 5.56 Å². The van der Waals surface area contributed by atoms with Gasteiger partial charge in [-0.3, -0.25) is 9.20 Å². The standard InChI is InChI=1S/C19H30ClN3OS/c1-3-25(24)18-8-4-7-17(14-18)23-19(21-2)22-13-5-6-15-9-11-16(20)12-10-15/h9-12,17-18H,3-8,13-14H2,1-2H3,(H2,21,22,23). The van der Waals surface area contributed by atoms with Gasteiger partial charge in [-0.05, 0) is 49.8 Å². The maximum absolute atomic E-state index is 12.1. The molecule has 6 heteroatoms. The highest BCUT2D eigenvalue weighted by Gasteiger charge is 2.25. The van der Waals surface area contributed by atoms with Gasteiger partial charge in [0.25, 0.3) is 0 Å². The van der Waals surface area contributed by atoms with Gasteiger partial charge in [0.2, 0.25) is 0 Å². The van der Waals surface area contributed by atoms with Gasteiger partial charge in [-0.2, -0.15) is 0 Å². The van der Waals surface area contributed by atoms with E-state index in [9.17, 15) is 4.21 Å². The summed E-state index contributed by atoms with van der Waals surface area (Å²) in [5.41, 5.74) is 1.30. The average molecular weight is 384 g/mol. The van der Waals surface area contributed by atoms with Gasteiger partial charge in [0.15, 0.2) is 5.96 Å². The highest BCUT2D eigenvalue weighted by atomic mass is 35.5. The first-order chi connectivity index (χ1) is 12.1. The molecule has 1 saturated carbocycles. The van der Waals surface area contributed by atoms with E-state index in [4.69, 9.17) is 11.6 Å². The van der Waals surface area contributed by atoms with Gasteiger partial charge in [0.05, 0.1) is 0 Å². The van der Waals surface area contributed by atoms with Crippen molar-refractivity contribution >= 4 is 28.4 Å². The van der Waals surface area contributed by atoms with Crippen molar-refractivity contribution < 1.29 is 4.21 Å². The van der Waals surface area contributed by atoms with Gasteiger partial charge >= 0.3 is 0 Å². The zero-order valence-electron chi connectivity index (χ0n) is 15.3. The average Bonchev–Trinajstić information content (AvgIpc) is 2.65. The number of benzene rings is 1. The van der Waals surface area contributed by atoms with Gasteiger partial charge < -0.3 is 10.6 Å². The van der Waals surface area contributed by atoms with Crippen LogP contribution in [-0.2, 0) is 17.2 Å². The molecule has 25 heavy (non-hydrogen) atoms. The number of aliphatic imine (C=N–C) groups is 1.